The van der Waals surface area contributed by atoms with Crippen LogP contribution in [0.5, 0.6) is 5.75 Å². The molecule has 1 amide bonds. The topological polar surface area (TPSA) is 98.8 Å². The van der Waals surface area contributed by atoms with Crippen molar-refractivity contribution in [1.82, 2.24) is 4.57 Å². The number of nitrogens with one attached hydrogen (secondary N) is 1. The number of rotatable bonds is 6. The second kappa shape index (κ2) is 10.3. The van der Waals surface area contributed by atoms with Crippen LogP contribution >= 0.6 is 23.7 Å². The summed E-state index contributed by atoms with van der Waals surface area (Å²) < 4.78 is 42.2. The number of halogens is 4. The zero-order chi connectivity index (χ0) is 22.6. The number of non-ortho nitro benzene ring substituents is 1. The van der Waals surface area contributed by atoms with Crippen LogP contribution < -0.4 is 14.9 Å². The molecule has 0 saturated carbocycles. The van der Waals surface area contributed by atoms with Gasteiger partial charge in [0.1, 0.15) is 5.75 Å². The highest BCUT2D eigenvalue weighted by molar-refractivity contribution is 7.07. The van der Waals surface area contributed by atoms with E-state index in [0.29, 0.717) is 21.9 Å². The molecule has 13 heteroatoms. The van der Waals surface area contributed by atoms with Gasteiger partial charge in [0.25, 0.3) is 5.69 Å². The minimum absolute atomic E-state index is 0. The smallest absolute Gasteiger partial charge is 0.406 e. The SMILES string of the molecule is Cl.Cn1c(CC(=O)Nc2ccc([N+](=O)[O-])cc2)cs/c1=N\c1ccc(OC(F)(F)F)cc1. The van der Waals surface area contributed by atoms with Gasteiger partial charge in [-0.2, -0.15) is 0 Å². The summed E-state index contributed by atoms with van der Waals surface area (Å²) in [6, 6.07) is 10.6. The number of aromatic nitrogens is 1. The van der Waals surface area contributed by atoms with Crippen LogP contribution in [0, 0.1) is 10.1 Å². The molecular weight excluding hydrogens is 473 g/mol. The summed E-state index contributed by atoms with van der Waals surface area (Å²) in [5.74, 6) is -0.659. The van der Waals surface area contributed by atoms with E-state index >= 15 is 0 Å². The molecule has 3 rings (SSSR count). The van der Waals surface area contributed by atoms with Crippen LogP contribution in [0.1, 0.15) is 5.69 Å². The van der Waals surface area contributed by atoms with Crippen molar-refractivity contribution in [3.8, 4) is 5.75 Å². The largest absolute Gasteiger partial charge is 0.573 e. The third-order valence-electron chi connectivity index (χ3n) is 4.02. The molecule has 32 heavy (non-hydrogen) atoms. The van der Waals surface area contributed by atoms with Gasteiger partial charge in [-0.15, -0.1) is 36.9 Å². The number of carbonyl (C=O) groups excluding carboxylic acids is 1. The van der Waals surface area contributed by atoms with Gasteiger partial charge in [0, 0.05) is 35.9 Å². The predicted octanol–water partition coefficient (Wildman–Crippen LogP) is 4.73. The fraction of sp³-hybridized carbons (Fsp3) is 0.158. The third kappa shape index (κ3) is 6.82. The molecule has 1 heterocycles. The number of amides is 1. The summed E-state index contributed by atoms with van der Waals surface area (Å²) in [6.45, 7) is 0. The second-order valence-electron chi connectivity index (χ2n) is 6.25. The monoisotopic (exact) mass is 488 g/mol. The van der Waals surface area contributed by atoms with Crippen molar-refractivity contribution in [3.63, 3.8) is 0 Å². The Bertz CT molecular complexity index is 1160. The Morgan fingerprint density at radius 3 is 2.38 bits per heavy atom. The number of thiazole rings is 1. The van der Waals surface area contributed by atoms with Crippen molar-refractivity contribution < 1.29 is 27.6 Å². The number of carbonyl (C=O) groups is 1. The molecule has 1 N–H and O–H groups in total. The van der Waals surface area contributed by atoms with Crippen molar-refractivity contribution >= 4 is 46.7 Å². The third-order valence-corrected chi connectivity index (χ3v) is 4.98. The van der Waals surface area contributed by atoms with Gasteiger partial charge in [0.2, 0.25) is 5.91 Å². The number of nitro groups is 1. The van der Waals surface area contributed by atoms with Crippen molar-refractivity contribution in [2.75, 3.05) is 5.32 Å². The van der Waals surface area contributed by atoms with Gasteiger partial charge in [-0.1, -0.05) is 0 Å². The van der Waals surface area contributed by atoms with E-state index in [0.717, 1.165) is 0 Å². The highest BCUT2D eigenvalue weighted by Crippen LogP contribution is 2.24. The van der Waals surface area contributed by atoms with Gasteiger partial charge < -0.3 is 14.6 Å². The van der Waals surface area contributed by atoms with Crippen LogP contribution in [0.25, 0.3) is 0 Å². The number of hydrogen-bond donors (Lipinski definition) is 1. The maximum Gasteiger partial charge on any atom is 0.573 e. The van der Waals surface area contributed by atoms with E-state index in [9.17, 15) is 28.1 Å². The quantitative estimate of drug-likeness (QED) is 0.400. The van der Waals surface area contributed by atoms with E-state index < -0.39 is 11.3 Å². The van der Waals surface area contributed by atoms with E-state index in [1.807, 2.05) is 0 Å². The highest BCUT2D eigenvalue weighted by Gasteiger charge is 2.30. The first-order valence-corrected chi connectivity index (χ1v) is 9.57. The van der Waals surface area contributed by atoms with Crippen molar-refractivity contribution in [2.24, 2.45) is 12.0 Å². The summed E-state index contributed by atoms with van der Waals surface area (Å²) in [7, 11) is 1.71. The Hall–Kier alpha value is -3.38. The molecule has 0 aliphatic carbocycles. The normalized spacial score (nSPS) is 11.6. The summed E-state index contributed by atoms with van der Waals surface area (Å²) in [6.07, 6.45) is -4.72. The fourth-order valence-corrected chi connectivity index (χ4v) is 3.45. The molecule has 0 fully saturated rings. The Labute approximate surface area is 189 Å². The van der Waals surface area contributed by atoms with E-state index in [1.165, 1.54) is 59.9 Å². The number of alkyl halides is 3. The summed E-state index contributed by atoms with van der Waals surface area (Å²) in [4.78, 5) is 27.3. The summed E-state index contributed by atoms with van der Waals surface area (Å²) >= 11 is 1.27. The van der Waals surface area contributed by atoms with Crippen molar-refractivity contribution in [3.05, 3.63) is 74.5 Å². The molecule has 0 saturated heterocycles. The minimum Gasteiger partial charge on any atom is -0.406 e. The number of nitro benzene ring substituents is 1. The van der Waals surface area contributed by atoms with E-state index in [1.54, 1.807) is 17.0 Å². The van der Waals surface area contributed by atoms with Crippen molar-refractivity contribution in [1.29, 1.82) is 0 Å². The summed E-state index contributed by atoms with van der Waals surface area (Å²) in [5, 5.41) is 15.1. The molecular formula is C19H16ClF3N4O4S. The maximum atomic E-state index is 12.3. The molecule has 0 bridgehead atoms. The molecule has 0 aliphatic rings. The number of benzene rings is 2. The van der Waals surface area contributed by atoms with Gasteiger partial charge in [0.15, 0.2) is 4.80 Å². The molecule has 8 nitrogen and oxygen atoms in total. The zero-order valence-electron chi connectivity index (χ0n) is 16.3. The summed E-state index contributed by atoms with van der Waals surface area (Å²) in [5.41, 5.74) is 1.44. The van der Waals surface area contributed by atoms with Crippen LogP contribution in [-0.4, -0.2) is 21.8 Å². The number of nitrogens with zero attached hydrogens (tertiary/aromatic N) is 3. The lowest BCUT2D eigenvalue weighted by Gasteiger charge is -2.08. The van der Waals surface area contributed by atoms with Gasteiger partial charge in [-0.05, 0) is 36.4 Å². The molecule has 0 spiro atoms. The van der Waals surface area contributed by atoms with Crippen LogP contribution in [0.3, 0.4) is 0 Å². The molecule has 1 aromatic heterocycles. The number of hydrogen-bond acceptors (Lipinski definition) is 6. The average molecular weight is 489 g/mol. The first-order chi connectivity index (χ1) is 14.6. The lowest BCUT2D eigenvalue weighted by molar-refractivity contribution is -0.384. The Balaban J connectivity index is 0.00000363. The first kappa shape index (κ1) is 24.9. The molecule has 3 aromatic rings. The van der Waals surface area contributed by atoms with Gasteiger partial charge in [-0.3, -0.25) is 14.9 Å². The molecule has 0 radical (unpaired) electrons. The predicted molar refractivity (Wildman–Crippen MR) is 114 cm³/mol. The first-order valence-electron chi connectivity index (χ1n) is 8.69. The zero-order valence-corrected chi connectivity index (χ0v) is 18.0. The van der Waals surface area contributed by atoms with Crippen LogP contribution in [0.4, 0.5) is 30.2 Å². The number of anilines is 1. The molecule has 0 aliphatic heterocycles. The average Bonchev–Trinajstić information content (AvgIpc) is 3.02. The van der Waals surface area contributed by atoms with E-state index in [4.69, 9.17) is 0 Å². The fourth-order valence-electron chi connectivity index (χ4n) is 2.53. The highest BCUT2D eigenvalue weighted by atomic mass is 35.5. The molecule has 0 atom stereocenters. The van der Waals surface area contributed by atoms with Crippen molar-refractivity contribution in [2.45, 2.75) is 12.8 Å². The lowest BCUT2D eigenvalue weighted by Crippen LogP contribution is -2.19. The van der Waals surface area contributed by atoms with Crippen LogP contribution in [0.15, 0.2) is 58.9 Å². The second-order valence-corrected chi connectivity index (χ2v) is 7.09. The minimum atomic E-state index is -4.76. The van der Waals surface area contributed by atoms with Gasteiger partial charge in [-0.25, -0.2) is 4.99 Å². The number of ether oxygens (including phenoxy) is 1. The van der Waals surface area contributed by atoms with Crippen LogP contribution in [-0.2, 0) is 18.3 Å². The Kier molecular flexibility index (Phi) is 8.00. The van der Waals surface area contributed by atoms with Gasteiger partial charge >= 0.3 is 6.36 Å². The Morgan fingerprint density at radius 1 is 1.19 bits per heavy atom. The lowest BCUT2D eigenvalue weighted by atomic mass is 10.2. The molecule has 170 valence electrons. The molecule has 0 unspecified atom stereocenters. The Morgan fingerprint density at radius 2 is 1.81 bits per heavy atom. The van der Waals surface area contributed by atoms with Gasteiger partial charge in [0.05, 0.1) is 17.0 Å². The maximum absolute atomic E-state index is 12.3. The van der Waals surface area contributed by atoms with Crippen LogP contribution in [0.2, 0.25) is 0 Å². The van der Waals surface area contributed by atoms with E-state index in [-0.39, 0.29) is 36.2 Å². The molecule has 2 aromatic carbocycles. The standard InChI is InChI=1S/C19H15F3N4O4S.ClH/c1-25-15(10-17(27)23-12-2-6-14(7-3-12)26(28)29)11-31-18(25)24-13-4-8-16(9-5-13)30-19(20,21)22;/h2-9,11H,10H2,1H3,(H,23,27);1H/b24-18-;. The van der Waals surface area contributed by atoms with E-state index in [2.05, 4.69) is 15.0 Å².